The fourth-order valence-electron chi connectivity index (χ4n) is 2.80. The lowest BCUT2D eigenvalue weighted by Gasteiger charge is -2.10. The van der Waals surface area contributed by atoms with Crippen molar-refractivity contribution >= 4 is 16.8 Å². The molecule has 1 aromatic carbocycles. The van der Waals surface area contributed by atoms with Gasteiger partial charge >= 0.3 is 0 Å². The molecular weight excluding hydrogens is 304 g/mol. The standard InChI is InChI=1S/C18H20N4O2/c1-11(2)16-14(10-20-21-16)17(23)19-9-13-8-12-6-4-5-7-15(12)22(3)18(13)24/h4-8,10-11H,9H2,1-3H3,(H,19,23)(H,20,21). The van der Waals surface area contributed by atoms with Crippen LogP contribution in [0.5, 0.6) is 0 Å². The van der Waals surface area contributed by atoms with Gasteiger partial charge in [0.2, 0.25) is 0 Å². The molecule has 6 nitrogen and oxygen atoms in total. The van der Waals surface area contributed by atoms with Crippen LogP contribution < -0.4 is 10.9 Å². The molecular formula is C18H20N4O2. The average molecular weight is 324 g/mol. The van der Waals surface area contributed by atoms with Crippen molar-refractivity contribution in [2.45, 2.75) is 26.3 Å². The minimum absolute atomic E-state index is 0.106. The quantitative estimate of drug-likeness (QED) is 0.773. The van der Waals surface area contributed by atoms with Crippen LogP contribution in [-0.2, 0) is 13.6 Å². The average Bonchev–Trinajstić information content (AvgIpc) is 3.06. The van der Waals surface area contributed by atoms with Crippen molar-refractivity contribution in [2.24, 2.45) is 7.05 Å². The second-order valence-electron chi connectivity index (χ2n) is 6.13. The predicted molar refractivity (Wildman–Crippen MR) is 93.0 cm³/mol. The van der Waals surface area contributed by atoms with E-state index in [-0.39, 0.29) is 23.9 Å². The van der Waals surface area contributed by atoms with Crippen LogP contribution in [-0.4, -0.2) is 20.7 Å². The highest BCUT2D eigenvalue weighted by molar-refractivity contribution is 5.95. The maximum Gasteiger partial charge on any atom is 0.255 e. The Balaban J connectivity index is 1.86. The van der Waals surface area contributed by atoms with Crippen LogP contribution in [0.1, 0.15) is 41.4 Å². The molecule has 0 radical (unpaired) electrons. The van der Waals surface area contributed by atoms with Crippen LogP contribution in [0.3, 0.4) is 0 Å². The van der Waals surface area contributed by atoms with Crippen molar-refractivity contribution in [3.8, 4) is 0 Å². The molecule has 2 aromatic heterocycles. The van der Waals surface area contributed by atoms with Crippen LogP contribution >= 0.6 is 0 Å². The number of benzene rings is 1. The number of pyridine rings is 1. The second-order valence-corrected chi connectivity index (χ2v) is 6.13. The molecule has 0 aliphatic heterocycles. The summed E-state index contributed by atoms with van der Waals surface area (Å²) in [5.41, 5.74) is 2.63. The Hall–Kier alpha value is -2.89. The van der Waals surface area contributed by atoms with E-state index in [2.05, 4.69) is 15.5 Å². The van der Waals surface area contributed by atoms with Crippen LogP contribution in [0.25, 0.3) is 10.9 Å². The molecule has 0 saturated carbocycles. The number of nitrogens with one attached hydrogen (secondary N) is 2. The Morgan fingerprint density at radius 3 is 2.83 bits per heavy atom. The van der Waals surface area contributed by atoms with E-state index in [4.69, 9.17) is 0 Å². The SMILES string of the molecule is CC(C)c1[nH]ncc1C(=O)NCc1cc2ccccc2n(C)c1=O. The van der Waals surface area contributed by atoms with Gasteiger partial charge in [-0.3, -0.25) is 14.7 Å². The third-order valence-corrected chi connectivity index (χ3v) is 4.14. The van der Waals surface area contributed by atoms with Gasteiger partial charge in [0.1, 0.15) is 0 Å². The van der Waals surface area contributed by atoms with E-state index >= 15 is 0 Å². The summed E-state index contributed by atoms with van der Waals surface area (Å²) in [4.78, 5) is 24.8. The summed E-state index contributed by atoms with van der Waals surface area (Å²) in [7, 11) is 1.74. The normalized spacial score (nSPS) is 11.2. The predicted octanol–water partition coefficient (Wildman–Crippen LogP) is 2.32. The zero-order valence-corrected chi connectivity index (χ0v) is 14.0. The number of amides is 1. The first-order valence-corrected chi connectivity index (χ1v) is 7.88. The molecule has 3 rings (SSSR count). The molecule has 0 fully saturated rings. The fraction of sp³-hybridized carbons (Fsp3) is 0.278. The number of nitrogens with zero attached hydrogens (tertiary/aromatic N) is 2. The molecule has 6 heteroatoms. The number of hydrogen-bond acceptors (Lipinski definition) is 3. The minimum Gasteiger partial charge on any atom is -0.348 e. The molecule has 24 heavy (non-hydrogen) atoms. The van der Waals surface area contributed by atoms with Crippen molar-refractivity contribution < 1.29 is 4.79 Å². The van der Waals surface area contributed by atoms with Crippen molar-refractivity contribution in [1.82, 2.24) is 20.1 Å². The summed E-state index contributed by atoms with van der Waals surface area (Å²) in [6.45, 7) is 4.16. The van der Waals surface area contributed by atoms with E-state index in [1.54, 1.807) is 11.6 Å². The maximum absolute atomic E-state index is 12.5. The van der Waals surface area contributed by atoms with Gasteiger partial charge in [-0.05, 0) is 23.4 Å². The van der Waals surface area contributed by atoms with Gasteiger partial charge < -0.3 is 9.88 Å². The van der Waals surface area contributed by atoms with Gasteiger partial charge in [-0.25, -0.2) is 0 Å². The summed E-state index contributed by atoms with van der Waals surface area (Å²) in [6.07, 6.45) is 1.52. The fourth-order valence-corrected chi connectivity index (χ4v) is 2.80. The molecule has 0 aliphatic rings. The van der Waals surface area contributed by atoms with E-state index in [1.807, 2.05) is 44.2 Å². The Morgan fingerprint density at radius 1 is 1.33 bits per heavy atom. The molecule has 2 heterocycles. The molecule has 2 N–H and O–H groups in total. The molecule has 0 bridgehead atoms. The number of aromatic nitrogens is 3. The lowest BCUT2D eigenvalue weighted by Crippen LogP contribution is -2.29. The van der Waals surface area contributed by atoms with Gasteiger partial charge in [0.15, 0.2) is 0 Å². The molecule has 1 amide bonds. The number of fused-ring (bicyclic) bond motifs is 1. The van der Waals surface area contributed by atoms with E-state index in [0.29, 0.717) is 11.1 Å². The first-order valence-electron chi connectivity index (χ1n) is 7.88. The van der Waals surface area contributed by atoms with E-state index in [9.17, 15) is 9.59 Å². The number of hydrogen-bond donors (Lipinski definition) is 2. The first kappa shape index (κ1) is 16.0. The molecule has 0 unspecified atom stereocenters. The van der Waals surface area contributed by atoms with Gasteiger partial charge in [-0.2, -0.15) is 5.10 Å². The monoisotopic (exact) mass is 324 g/mol. The number of H-pyrrole nitrogens is 1. The Morgan fingerprint density at radius 2 is 2.08 bits per heavy atom. The van der Waals surface area contributed by atoms with Gasteiger partial charge in [0, 0.05) is 19.2 Å². The van der Waals surface area contributed by atoms with Crippen molar-refractivity contribution in [2.75, 3.05) is 0 Å². The zero-order chi connectivity index (χ0) is 17.3. The zero-order valence-electron chi connectivity index (χ0n) is 14.0. The van der Waals surface area contributed by atoms with Crippen LogP contribution in [0.4, 0.5) is 0 Å². The number of para-hydroxylation sites is 1. The lowest BCUT2D eigenvalue weighted by molar-refractivity contribution is 0.0949. The Bertz CT molecular complexity index is 953. The van der Waals surface area contributed by atoms with Crippen molar-refractivity contribution in [1.29, 1.82) is 0 Å². The third kappa shape index (κ3) is 2.82. The van der Waals surface area contributed by atoms with Crippen LogP contribution in [0.2, 0.25) is 0 Å². The minimum atomic E-state index is -0.234. The largest absolute Gasteiger partial charge is 0.348 e. The van der Waals surface area contributed by atoms with Crippen molar-refractivity contribution in [3.05, 3.63) is 63.7 Å². The maximum atomic E-state index is 12.5. The number of aryl methyl sites for hydroxylation is 1. The summed E-state index contributed by atoms with van der Waals surface area (Å²) >= 11 is 0. The molecule has 124 valence electrons. The van der Waals surface area contributed by atoms with Gasteiger partial charge in [0.25, 0.3) is 11.5 Å². The summed E-state index contributed by atoms with van der Waals surface area (Å²) in [5.74, 6) is -0.0653. The molecule has 0 spiro atoms. The highest BCUT2D eigenvalue weighted by atomic mass is 16.2. The van der Waals surface area contributed by atoms with E-state index in [1.165, 1.54) is 6.20 Å². The molecule has 0 aliphatic carbocycles. The molecule has 0 atom stereocenters. The van der Waals surface area contributed by atoms with Gasteiger partial charge in [-0.1, -0.05) is 32.0 Å². The second kappa shape index (κ2) is 6.31. The summed E-state index contributed by atoms with van der Waals surface area (Å²) in [6, 6.07) is 9.51. The lowest BCUT2D eigenvalue weighted by atomic mass is 10.1. The molecule has 3 aromatic rings. The van der Waals surface area contributed by atoms with Crippen molar-refractivity contribution in [3.63, 3.8) is 0 Å². The highest BCUT2D eigenvalue weighted by Crippen LogP contribution is 2.16. The van der Waals surface area contributed by atoms with Crippen LogP contribution in [0, 0.1) is 0 Å². The van der Waals surface area contributed by atoms with Gasteiger partial charge in [0.05, 0.1) is 23.0 Å². The smallest absolute Gasteiger partial charge is 0.255 e. The van der Waals surface area contributed by atoms with Gasteiger partial charge in [-0.15, -0.1) is 0 Å². The summed E-state index contributed by atoms with van der Waals surface area (Å²) < 4.78 is 1.61. The molecule has 0 saturated heterocycles. The number of aromatic amines is 1. The first-order chi connectivity index (χ1) is 11.5. The highest BCUT2D eigenvalue weighted by Gasteiger charge is 2.16. The van der Waals surface area contributed by atoms with Crippen LogP contribution in [0.15, 0.2) is 41.3 Å². The van der Waals surface area contributed by atoms with E-state index in [0.717, 1.165) is 16.6 Å². The number of carbonyl (C=O) groups is 1. The number of carbonyl (C=O) groups excluding carboxylic acids is 1. The topological polar surface area (TPSA) is 79.8 Å². The Labute approximate surface area is 139 Å². The number of rotatable bonds is 4. The van der Waals surface area contributed by atoms with E-state index < -0.39 is 0 Å². The summed E-state index contributed by atoms with van der Waals surface area (Å²) in [5, 5.41) is 10.6. The Kier molecular flexibility index (Phi) is 4.20. The third-order valence-electron chi connectivity index (χ3n) is 4.14.